The molecule has 3 rings (SSSR count). The van der Waals surface area contributed by atoms with Gasteiger partial charge in [0.05, 0.1) is 6.54 Å². The number of hydrogen-bond donors (Lipinski definition) is 1. The van der Waals surface area contributed by atoms with Gasteiger partial charge in [0, 0.05) is 29.6 Å². The van der Waals surface area contributed by atoms with Crippen LogP contribution in [0.3, 0.4) is 0 Å². The molecule has 0 aliphatic heterocycles. The molecule has 1 N–H and O–H groups in total. The first-order valence-corrected chi connectivity index (χ1v) is 8.99. The monoisotopic (exact) mass is 368 g/mol. The molecule has 0 fully saturated rings. The number of fused-ring (bicyclic) bond motifs is 1. The van der Waals surface area contributed by atoms with Crippen molar-refractivity contribution in [3.63, 3.8) is 0 Å². The molecule has 1 amide bonds. The maximum absolute atomic E-state index is 12.4. The molecule has 0 saturated heterocycles. The molecule has 26 heavy (non-hydrogen) atoms. The highest BCUT2D eigenvalue weighted by Crippen LogP contribution is 2.19. The first-order valence-electron chi connectivity index (χ1n) is 8.61. The van der Waals surface area contributed by atoms with Crippen LogP contribution in [0.2, 0.25) is 5.02 Å². The molecule has 0 atom stereocenters. The SMILES string of the molecule is CCc1ccc2[nH]c(=O)c(CN(Cc3ccccc3Cl)C(C)=O)cc2c1. The Morgan fingerprint density at radius 3 is 2.50 bits per heavy atom. The zero-order valence-corrected chi connectivity index (χ0v) is 15.6. The average molecular weight is 369 g/mol. The minimum atomic E-state index is -0.174. The number of benzene rings is 2. The number of aromatic nitrogens is 1. The summed E-state index contributed by atoms with van der Waals surface area (Å²) < 4.78 is 0. The van der Waals surface area contributed by atoms with Gasteiger partial charge >= 0.3 is 0 Å². The molecular weight excluding hydrogens is 348 g/mol. The summed E-state index contributed by atoms with van der Waals surface area (Å²) in [5.41, 5.74) is 3.25. The predicted octanol–water partition coefficient (Wildman–Crippen LogP) is 4.29. The van der Waals surface area contributed by atoms with Crippen molar-refractivity contribution in [3.05, 3.63) is 80.6 Å². The Hall–Kier alpha value is -2.59. The van der Waals surface area contributed by atoms with Crippen LogP contribution in [0.25, 0.3) is 10.9 Å². The molecule has 0 unspecified atom stereocenters. The lowest BCUT2D eigenvalue weighted by Crippen LogP contribution is -2.30. The van der Waals surface area contributed by atoms with Gasteiger partial charge in [0.25, 0.3) is 5.56 Å². The van der Waals surface area contributed by atoms with Crippen molar-refractivity contribution in [2.24, 2.45) is 0 Å². The van der Waals surface area contributed by atoms with E-state index in [0.29, 0.717) is 17.1 Å². The first-order chi connectivity index (χ1) is 12.5. The summed E-state index contributed by atoms with van der Waals surface area (Å²) in [4.78, 5) is 29.1. The highest BCUT2D eigenvalue weighted by molar-refractivity contribution is 6.31. The molecule has 0 saturated carbocycles. The normalized spacial score (nSPS) is 10.9. The Morgan fingerprint density at radius 1 is 1.08 bits per heavy atom. The summed E-state index contributed by atoms with van der Waals surface area (Å²) in [7, 11) is 0. The lowest BCUT2D eigenvalue weighted by Gasteiger charge is -2.21. The number of aromatic amines is 1. The second kappa shape index (κ2) is 7.75. The number of nitrogens with one attached hydrogen (secondary N) is 1. The van der Waals surface area contributed by atoms with Gasteiger partial charge in [-0.1, -0.05) is 42.8 Å². The van der Waals surface area contributed by atoms with Crippen molar-refractivity contribution in [1.82, 2.24) is 9.88 Å². The van der Waals surface area contributed by atoms with Gasteiger partial charge in [0.2, 0.25) is 5.91 Å². The molecule has 1 heterocycles. The molecule has 0 radical (unpaired) electrons. The zero-order chi connectivity index (χ0) is 18.7. The molecule has 0 aliphatic carbocycles. The number of amides is 1. The Morgan fingerprint density at radius 2 is 1.81 bits per heavy atom. The molecule has 0 spiro atoms. The fourth-order valence-corrected chi connectivity index (χ4v) is 3.15. The van der Waals surface area contributed by atoms with E-state index in [1.54, 1.807) is 11.0 Å². The van der Waals surface area contributed by atoms with Gasteiger partial charge in [-0.3, -0.25) is 9.59 Å². The quantitative estimate of drug-likeness (QED) is 0.730. The minimum Gasteiger partial charge on any atom is -0.334 e. The van der Waals surface area contributed by atoms with Crippen LogP contribution in [0.15, 0.2) is 53.3 Å². The maximum atomic E-state index is 12.4. The van der Waals surface area contributed by atoms with Crippen molar-refractivity contribution in [2.75, 3.05) is 0 Å². The van der Waals surface area contributed by atoms with Crippen LogP contribution in [-0.2, 0) is 24.3 Å². The number of halogens is 1. The number of aryl methyl sites for hydroxylation is 1. The summed E-state index contributed by atoms with van der Waals surface area (Å²) >= 11 is 6.21. The molecule has 134 valence electrons. The van der Waals surface area contributed by atoms with Gasteiger partial charge in [0.1, 0.15) is 0 Å². The van der Waals surface area contributed by atoms with Crippen molar-refractivity contribution in [2.45, 2.75) is 33.4 Å². The second-order valence-electron chi connectivity index (χ2n) is 6.37. The fourth-order valence-electron chi connectivity index (χ4n) is 2.96. The van der Waals surface area contributed by atoms with Crippen LogP contribution in [0, 0.1) is 0 Å². The lowest BCUT2D eigenvalue weighted by molar-refractivity contribution is -0.130. The Bertz CT molecular complexity index is 1010. The summed E-state index contributed by atoms with van der Waals surface area (Å²) in [5, 5.41) is 1.58. The van der Waals surface area contributed by atoms with Gasteiger partial charge in [-0.2, -0.15) is 0 Å². The van der Waals surface area contributed by atoms with Crippen molar-refractivity contribution in [1.29, 1.82) is 0 Å². The van der Waals surface area contributed by atoms with Crippen LogP contribution < -0.4 is 5.56 Å². The van der Waals surface area contributed by atoms with Gasteiger partial charge in [-0.05, 0) is 47.2 Å². The van der Waals surface area contributed by atoms with Gasteiger partial charge in [-0.15, -0.1) is 0 Å². The fraction of sp³-hybridized carbons (Fsp3) is 0.238. The number of H-pyrrole nitrogens is 1. The Balaban J connectivity index is 1.93. The summed E-state index contributed by atoms with van der Waals surface area (Å²) in [6, 6.07) is 15.3. The van der Waals surface area contributed by atoms with Gasteiger partial charge < -0.3 is 9.88 Å². The number of pyridine rings is 1. The van der Waals surface area contributed by atoms with Crippen LogP contribution >= 0.6 is 11.6 Å². The number of carbonyl (C=O) groups is 1. The zero-order valence-electron chi connectivity index (χ0n) is 14.9. The van der Waals surface area contributed by atoms with E-state index in [4.69, 9.17) is 11.6 Å². The van der Waals surface area contributed by atoms with E-state index in [1.807, 2.05) is 36.4 Å². The van der Waals surface area contributed by atoms with Crippen LogP contribution in [0.5, 0.6) is 0 Å². The van der Waals surface area contributed by atoms with E-state index < -0.39 is 0 Å². The van der Waals surface area contributed by atoms with Crippen molar-refractivity contribution in [3.8, 4) is 0 Å². The Labute approximate surface area is 157 Å². The highest BCUT2D eigenvalue weighted by atomic mass is 35.5. The number of hydrogen-bond acceptors (Lipinski definition) is 2. The van der Waals surface area contributed by atoms with Gasteiger partial charge in [-0.25, -0.2) is 0 Å². The third kappa shape index (κ3) is 3.97. The number of nitrogens with zero attached hydrogens (tertiary/aromatic N) is 1. The van der Waals surface area contributed by atoms with E-state index in [1.165, 1.54) is 12.5 Å². The molecule has 1 aromatic heterocycles. The lowest BCUT2D eigenvalue weighted by atomic mass is 10.1. The molecule has 4 nitrogen and oxygen atoms in total. The first kappa shape index (κ1) is 18.2. The highest BCUT2D eigenvalue weighted by Gasteiger charge is 2.14. The largest absolute Gasteiger partial charge is 0.334 e. The molecule has 2 aromatic carbocycles. The smallest absolute Gasteiger partial charge is 0.253 e. The van der Waals surface area contributed by atoms with E-state index in [-0.39, 0.29) is 18.0 Å². The van der Waals surface area contributed by atoms with Crippen molar-refractivity contribution < 1.29 is 4.79 Å². The van der Waals surface area contributed by atoms with Crippen LogP contribution in [-0.4, -0.2) is 15.8 Å². The average Bonchev–Trinajstić information content (AvgIpc) is 2.62. The summed E-state index contributed by atoms with van der Waals surface area (Å²) in [6.45, 7) is 4.19. The molecule has 3 aromatic rings. The molecular formula is C21H21ClN2O2. The molecule has 5 heteroatoms. The number of rotatable bonds is 5. The van der Waals surface area contributed by atoms with Crippen LogP contribution in [0.1, 0.15) is 30.5 Å². The standard InChI is InChI=1S/C21H21ClN2O2/c1-3-15-8-9-20-17(10-15)11-18(21(26)23-20)13-24(14(2)25)12-16-6-4-5-7-19(16)22/h4-11H,3,12-13H2,1-2H3,(H,23,26). The van der Waals surface area contributed by atoms with E-state index in [2.05, 4.69) is 18.0 Å². The third-order valence-electron chi connectivity index (χ3n) is 4.52. The molecule has 0 bridgehead atoms. The van der Waals surface area contributed by atoms with Crippen LogP contribution in [0.4, 0.5) is 0 Å². The Kier molecular flexibility index (Phi) is 5.43. The summed E-state index contributed by atoms with van der Waals surface area (Å²) in [5.74, 6) is -0.105. The van der Waals surface area contributed by atoms with E-state index >= 15 is 0 Å². The molecule has 0 aliphatic rings. The predicted molar refractivity (Wildman–Crippen MR) is 105 cm³/mol. The van der Waals surface area contributed by atoms with E-state index in [0.717, 1.165) is 22.9 Å². The number of carbonyl (C=O) groups excluding carboxylic acids is 1. The summed E-state index contributed by atoms with van der Waals surface area (Å²) in [6.07, 6.45) is 0.927. The topological polar surface area (TPSA) is 53.2 Å². The van der Waals surface area contributed by atoms with Gasteiger partial charge in [0.15, 0.2) is 0 Å². The third-order valence-corrected chi connectivity index (χ3v) is 4.89. The van der Waals surface area contributed by atoms with Crippen molar-refractivity contribution >= 4 is 28.4 Å². The second-order valence-corrected chi connectivity index (χ2v) is 6.77. The minimum absolute atomic E-state index is 0.105. The maximum Gasteiger partial charge on any atom is 0.253 e. The van der Waals surface area contributed by atoms with E-state index in [9.17, 15) is 9.59 Å².